The molecule has 0 fully saturated rings. The molecule has 1 N–H and O–H groups in total. The molecule has 1 atom stereocenters. The van der Waals surface area contributed by atoms with Crippen molar-refractivity contribution in [3.8, 4) is 11.5 Å². The van der Waals surface area contributed by atoms with Gasteiger partial charge in [-0.05, 0) is 35.9 Å². The van der Waals surface area contributed by atoms with Crippen molar-refractivity contribution in [2.75, 3.05) is 19.5 Å². The summed E-state index contributed by atoms with van der Waals surface area (Å²) in [6.45, 7) is 0. The Morgan fingerprint density at radius 1 is 1.22 bits per heavy atom. The SMILES string of the molecule is COc1ccc(C2=NOC(C(=O)Nc3ccc([N+](=O)[O-])cc3OC)C2)cc1. The third-order valence-corrected chi connectivity index (χ3v) is 4.04. The number of hydrogen-bond acceptors (Lipinski definition) is 7. The molecule has 0 saturated carbocycles. The highest BCUT2D eigenvalue weighted by molar-refractivity contribution is 6.06. The average Bonchev–Trinajstić information content (AvgIpc) is 3.18. The van der Waals surface area contributed by atoms with E-state index in [2.05, 4.69) is 10.5 Å². The molecule has 2 aromatic carbocycles. The van der Waals surface area contributed by atoms with Gasteiger partial charge in [0.05, 0.1) is 36.6 Å². The van der Waals surface area contributed by atoms with Crippen LogP contribution in [0.25, 0.3) is 0 Å². The Morgan fingerprint density at radius 3 is 2.59 bits per heavy atom. The van der Waals surface area contributed by atoms with E-state index in [4.69, 9.17) is 14.3 Å². The fraction of sp³-hybridized carbons (Fsp3) is 0.222. The molecule has 3 rings (SSSR count). The number of amides is 1. The number of nitrogens with one attached hydrogen (secondary N) is 1. The maximum absolute atomic E-state index is 12.5. The van der Waals surface area contributed by atoms with E-state index in [0.29, 0.717) is 17.8 Å². The van der Waals surface area contributed by atoms with E-state index in [-0.39, 0.29) is 11.4 Å². The third kappa shape index (κ3) is 3.97. The van der Waals surface area contributed by atoms with E-state index >= 15 is 0 Å². The second kappa shape index (κ2) is 7.73. The number of hydrogen-bond donors (Lipinski definition) is 1. The maximum Gasteiger partial charge on any atom is 0.273 e. The van der Waals surface area contributed by atoms with Gasteiger partial charge in [0.25, 0.3) is 11.6 Å². The van der Waals surface area contributed by atoms with Gasteiger partial charge in [0.1, 0.15) is 11.5 Å². The zero-order chi connectivity index (χ0) is 19.4. The van der Waals surface area contributed by atoms with Crippen LogP contribution in [0, 0.1) is 10.1 Å². The van der Waals surface area contributed by atoms with Gasteiger partial charge in [0, 0.05) is 12.5 Å². The van der Waals surface area contributed by atoms with Crippen molar-refractivity contribution in [3.05, 3.63) is 58.1 Å². The molecular formula is C18H17N3O6. The second-order valence-corrected chi connectivity index (χ2v) is 5.70. The van der Waals surface area contributed by atoms with Gasteiger partial charge >= 0.3 is 0 Å². The molecule has 0 bridgehead atoms. The number of carbonyl (C=O) groups is 1. The lowest BCUT2D eigenvalue weighted by Gasteiger charge is -2.12. The molecule has 0 aliphatic carbocycles. The number of ether oxygens (including phenoxy) is 2. The molecule has 27 heavy (non-hydrogen) atoms. The van der Waals surface area contributed by atoms with Gasteiger partial charge < -0.3 is 19.6 Å². The van der Waals surface area contributed by atoms with Crippen LogP contribution >= 0.6 is 0 Å². The minimum atomic E-state index is -0.804. The molecule has 140 valence electrons. The molecular weight excluding hydrogens is 354 g/mol. The molecule has 0 radical (unpaired) electrons. The molecule has 9 nitrogen and oxygen atoms in total. The standard InChI is InChI=1S/C18H17N3O6/c1-25-13-6-3-11(4-7-13)15-10-17(27-20-15)18(22)19-14-8-5-12(21(23)24)9-16(14)26-2/h3-9,17H,10H2,1-2H3,(H,19,22). The van der Waals surface area contributed by atoms with Crippen LogP contribution in [0.2, 0.25) is 0 Å². The summed E-state index contributed by atoms with van der Waals surface area (Å²) in [5.74, 6) is 0.485. The van der Waals surface area contributed by atoms with Crippen LogP contribution < -0.4 is 14.8 Å². The Kier molecular flexibility index (Phi) is 5.20. The predicted molar refractivity (Wildman–Crippen MR) is 97.3 cm³/mol. The monoisotopic (exact) mass is 371 g/mol. The van der Waals surface area contributed by atoms with E-state index in [1.165, 1.54) is 25.3 Å². The van der Waals surface area contributed by atoms with Crippen molar-refractivity contribution >= 4 is 23.0 Å². The highest BCUT2D eigenvalue weighted by atomic mass is 16.6. The van der Waals surface area contributed by atoms with Gasteiger partial charge in [-0.3, -0.25) is 14.9 Å². The fourth-order valence-corrected chi connectivity index (χ4v) is 2.58. The molecule has 2 aromatic rings. The minimum Gasteiger partial charge on any atom is -0.497 e. The highest BCUT2D eigenvalue weighted by Crippen LogP contribution is 2.30. The Balaban J connectivity index is 1.67. The third-order valence-electron chi connectivity index (χ3n) is 4.04. The quantitative estimate of drug-likeness (QED) is 0.617. The summed E-state index contributed by atoms with van der Waals surface area (Å²) < 4.78 is 10.2. The number of non-ortho nitro benzene ring substituents is 1. The normalized spacial score (nSPS) is 15.5. The number of nitro benzene ring substituents is 1. The Morgan fingerprint density at radius 2 is 1.96 bits per heavy atom. The molecule has 9 heteroatoms. The highest BCUT2D eigenvalue weighted by Gasteiger charge is 2.29. The van der Waals surface area contributed by atoms with Crippen LogP contribution in [0.1, 0.15) is 12.0 Å². The minimum absolute atomic E-state index is 0.132. The number of rotatable bonds is 6. The lowest BCUT2D eigenvalue weighted by atomic mass is 10.0. The Hall–Kier alpha value is -3.62. The maximum atomic E-state index is 12.5. The summed E-state index contributed by atoms with van der Waals surface area (Å²) in [6.07, 6.45) is -0.505. The zero-order valence-corrected chi connectivity index (χ0v) is 14.7. The fourth-order valence-electron chi connectivity index (χ4n) is 2.58. The first kappa shape index (κ1) is 18.2. The lowest BCUT2D eigenvalue weighted by Crippen LogP contribution is -2.28. The van der Waals surface area contributed by atoms with Crippen LogP contribution in [0.3, 0.4) is 0 Å². The number of nitro groups is 1. The summed E-state index contributed by atoms with van der Waals surface area (Å²) >= 11 is 0. The van der Waals surface area contributed by atoms with E-state index < -0.39 is 16.9 Å². The molecule has 0 aromatic heterocycles. The predicted octanol–water partition coefficient (Wildman–Crippen LogP) is 2.74. The van der Waals surface area contributed by atoms with Crippen molar-refractivity contribution in [2.45, 2.75) is 12.5 Å². The van der Waals surface area contributed by atoms with Gasteiger partial charge in [0.2, 0.25) is 6.10 Å². The van der Waals surface area contributed by atoms with Gasteiger partial charge in [-0.1, -0.05) is 5.16 Å². The lowest BCUT2D eigenvalue weighted by molar-refractivity contribution is -0.384. The van der Waals surface area contributed by atoms with Gasteiger partial charge in [0.15, 0.2) is 0 Å². The molecule has 0 spiro atoms. The first-order valence-corrected chi connectivity index (χ1v) is 8.02. The van der Waals surface area contributed by atoms with E-state index in [9.17, 15) is 14.9 Å². The topological polar surface area (TPSA) is 112 Å². The Labute approximate surface area is 154 Å². The second-order valence-electron chi connectivity index (χ2n) is 5.70. The number of carbonyl (C=O) groups excluding carboxylic acids is 1. The van der Waals surface area contributed by atoms with Crippen molar-refractivity contribution < 1.29 is 24.0 Å². The van der Waals surface area contributed by atoms with E-state index in [0.717, 1.165) is 11.3 Å². The number of methoxy groups -OCH3 is 2. The summed E-state index contributed by atoms with van der Waals surface area (Å²) in [4.78, 5) is 28.0. The largest absolute Gasteiger partial charge is 0.497 e. The van der Waals surface area contributed by atoms with Crippen molar-refractivity contribution in [3.63, 3.8) is 0 Å². The Bertz CT molecular complexity index is 894. The average molecular weight is 371 g/mol. The van der Waals surface area contributed by atoms with E-state index in [1.807, 2.05) is 12.1 Å². The van der Waals surface area contributed by atoms with Crippen LogP contribution in [0.4, 0.5) is 11.4 Å². The summed E-state index contributed by atoms with van der Waals surface area (Å²) in [6, 6.07) is 11.2. The number of anilines is 1. The number of nitrogens with zero attached hydrogens (tertiary/aromatic N) is 2. The van der Waals surface area contributed by atoms with Crippen molar-refractivity contribution in [1.29, 1.82) is 0 Å². The smallest absolute Gasteiger partial charge is 0.273 e. The van der Waals surface area contributed by atoms with Crippen LogP contribution in [-0.4, -0.2) is 36.9 Å². The van der Waals surface area contributed by atoms with Crippen LogP contribution in [0.5, 0.6) is 11.5 Å². The van der Waals surface area contributed by atoms with Gasteiger partial charge in [-0.2, -0.15) is 0 Å². The van der Waals surface area contributed by atoms with Gasteiger partial charge in [-0.15, -0.1) is 0 Å². The molecule has 1 amide bonds. The molecule has 1 aliphatic heterocycles. The van der Waals surface area contributed by atoms with E-state index in [1.54, 1.807) is 19.2 Å². The summed E-state index contributed by atoms with van der Waals surface area (Å²) in [5, 5.41) is 17.5. The van der Waals surface area contributed by atoms with Crippen molar-refractivity contribution in [1.82, 2.24) is 0 Å². The van der Waals surface area contributed by atoms with Gasteiger partial charge in [-0.25, -0.2) is 0 Å². The number of benzene rings is 2. The first-order valence-electron chi connectivity index (χ1n) is 8.02. The van der Waals surface area contributed by atoms with Crippen LogP contribution in [-0.2, 0) is 9.63 Å². The molecule has 1 unspecified atom stereocenters. The number of oxime groups is 1. The van der Waals surface area contributed by atoms with Crippen LogP contribution in [0.15, 0.2) is 47.6 Å². The zero-order valence-electron chi connectivity index (χ0n) is 14.7. The molecule has 1 heterocycles. The van der Waals surface area contributed by atoms with Crippen molar-refractivity contribution in [2.24, 2.45) is 5.16 Å². The summed E-state index contributed by atoms with van der Waals surface area (Å²) in [5.41, 5.74) is 1.66. The molecule has 0 saturated heterocycles. The first-order chi connectivity index (χ1) is 13.0. The molecule has 1 aliphatic rings. The summed E-state index contributed by atoms with van der Waals surface area (Å²) in [7, 11) is 2.95.